The number of hydrogen-bond donors (Lipinski definition) is 1. The second-order valence-electron chi connectivity index (χ2n) is 4.55. The van der Waals surface area contributed by atoms with Gasteiger partial charge in [0.2, 0.25) is 0 Å². The highest BCUT2D eigenvalue weighted by Crippen LogP contribution is 2.27. The van der Waals surface area contributed by atoms with Gasteiger partial charge in [0, 0.05) is 6.42 Å². The quantitative estimate of drug-likeness (QED) is 0.823. The normalized spacial score (nSPS) is 12.5. The molecule has 1 atom stereocenters. The van der Waals surface area contributed by atoms with E-state index in [-0.39, 0.29) is 12.5 Å². The number of benzene rings is 1. The van der Waals surface area contributed by atoms with E-state index in [9.17, 15) is 4.79 Å². The van der Waals surface area contributed by atoms with Gasteiger partial charge in [0.25, 0.3) is 0 Å². The monoisotopic (exact) mass is 236 g/mol. The molecular formula is C14H20O3. The lowest BCUT2D eigenvalue weighted by atomic mass is 10.0. The highest BCUT2D eigenvalue weighted by atomic mass is 16.5. The first kappa shape index (κ1) is 13.6. The largest absolute Gasteiger partial charge is 0.490 e. The summed E-state index contributed by atoms with van der Waals surface area (Å²) in [5, 5.41) is 8.62. The molecule has 0 radical (unpaired) electrons. The van der Waals surface area contributed by atoms with Crippen LogP contribution in [0, 0.1) is 0 Å². The summed E-state index contributed by atoms with van der Waals surface area (Å²) in [6.07, 6.45) is 0.596. The molecule has 1 aromatic carbocycles. The van der Waals surface area contributed by atoms with Gasteiger partial charge in [0.05, 0.1) is 6.10 Å². The number of carboxylic acids is 1. The zero-order valence-electron chi connectivity index (χ0n) is 10.6. The highest BCUT2D eigenvalue weighted by molar-refractivity contribution is 5.66. The van der Waals surface area contributed by atoms with Crippen molar-refractivity contribution in [1.29, 1.82) is 0 Å². The first-order chi connectivity index (χ1) is 8.00. The predicted molar refractivity (Wildman–Crippen MR) is 67.5 cm³/mol. The molecular weight excluding hydrogens is 216 g/mol. The number of aliphatic carboxylic acids is 1. The van der Waals surface area contributed by atoms with Gasteiger partial charge < -0.3 is 9.84 Å². The van der Waals surface area contributed by atoms with Crippen molar-refractivity contribution in [1.82, 2.24) is 0 Å². The molecule has 0 aliphatic heterocycles. The van der Waals surface area contributed by atoms with Gasteiger partial charge in [0.15, 0.2) is 0 Å². The fourth-order valence-corrected chi connectivity index (χ4v) is 1.67. The van der Waals surface area contributed by atoms with Crippen molar-refractivity contribution in [3.05, 3.63) is 29.8 Å². The average molecular weight is 236 g/mol. The first-order valence-electron chi connectivity index (χ1n) is 5.98. The first-order valence-corrected chi connectivity index (χ1v) is 5.98. The van der Waals surface area contributed by atoms with Crippen LogP contribution < -0.4 is 4.74 Å². The van der Waals surface area contributed by atoms with Crippen molar-refractivity contribution in [3.8, 4) is 5.75 Å². The Balaban J connectivity index is 2.64. The molecule has 0 aliphatic rings. The van der Waals surface area contributed by atoms with E-state index in [2.05, 4.69) is 13.8 Å². The molecule has 94 valence electrons. The summed E-state index contributed by atoms with van der Waals surface area (Å²) in [5.41, 5.74) is 1.16. The number of hydrogen-bond acceptors (Lipinski definition) is 2. The van der Waals surface area contributed by atoms with Crippen molar-refractivity contribution >= 4 is 5.97 Å². The minimum absolute atomic E-state index is 0.0778. The maximum Gasteiger partial charge on any atom is 0.303 e. The fourth-order valence-electron chi connectivity index (χ4n) is 1.67. The summed E-state index contributed by atoms with van der Waals surface area (Å²) in [6.45, 7) is 6.13. The Hall–Kier alpha value is -1.51. The topological polar surface area (TPSA) is 46.5 Å². The van der Waals surface area contributed by atoms with Crippen LogP contribution >= 0.6 is 0 Å². The van der Waals surface area contributed by atoms with Gasteiger partial charge in [-0.05, 0) is 30.9 Å². The van der Waals surface area contributed by atoms with E-state index < -0.39 is 5.97 Å². The van der Waals surface area contributed by atoms with Crippen LogP contribution in [0.4, 0.5) is 0 Å². The van der Waals surface area contributed by atoms with E-state index in [1.807, 2.05) is 31.2 Å². The van der Waals surface area contributed by atoms with Gasteiger partial charge in [-0.25, -0.2) is 0 Å². The molecule has 0 bridgehead atoms. The predicted octanol–water partition coefficient (Wildman–Crippen LogP) is 3.44. The molecule has 1 rings (SSSR count). The molecule has 0 amide bonds. The van der Waals surface area contributed by atoms with Gasteiger partial charge in [-0.2, -0.15) is 0 Å². The molecule has 3 nitrogen and oxygen atoms in total. The van der Waals surface area contributed by atoms with E-state index >= 15 is 0 Å². The Morgan fingerprint density at radius 2 is 1.94 bits per heavy atom. The molecule has 17 heavy (non-hydrogen) atoms. The summed E-state index contributed by atoms with van der Waals surface area (Å²) >= 11 is 0. The molecule has 0 aromatic heterocycles. The molecule has 0 heterocycles. The Labute approximate surface area is 102 Å². The third kappa shape index (κ3) is 4.47. The van der Waals surface area contributed by atoms with Gasteiger partial charge in [-0.15, -0.1) is 0 Å². The minimum atomic E-state index is -0.780. The van der Waals surface area contributed by atoms with Crippen molar-refractivity contribution in [2.24, 2.45) is 0 Å². The zero-order valence-corrected chi connectivity index (χ0v) is 10.6. The van der Waals surface area contributed by atoms with Gasteiger partial charge in [-0.1, -0.05) is 32.0 Å². The van der Waals surface area contributed by atoms with Crippen LogP contribution in [0.5, 0.6) is 5.75 Å². The average Bonchev–Trinajstić information content (AvgIpc) is 2.27. The molecule has 0 aliphatic carbocycles. The van der Waals surface area contributed by atoms with E-state index in [4.69, 9.17) is 9.84 Å². The summed E-state index contributed by atoms with van der Waals surface area (Å²) < 4.78 is 5.79. The molecule has 1 unspecified atom stereocenters. The van der Waals surface area contributed by atoms with E-state index in [1.165, 1.54) is 0 Å². The van der Waals surface area contributed by atoms with Gasteiger partial charge in [0.1, 0.15) is 5.75 Å². The summed E-state index contributed by atoms with van der Waals surface area (Å²) in [7, 11) is 0. The molecule has 0 fully saturated rings. The van der Waals surface area contributed by atoms with E-state index in [1.54, 1.807) is 0 Å². The second-order valence-corrected chi connectivity index (χ2v) is 4.55. The fraction of sp³-hybridized carbons (Fsp3) is 0.500. The number of carboxylic acid groups (broad SMARTS) is 1. The molecule has 1 aromatic rings. The van der Waals surface area contributed by atoms with Crippen LogP contribution in [0.15, 0.2) is 24.3 Å². The van der Waals surface area contributed by atoms with Crippen LogP contribution in [0.3, 0.4) is 0 Å². The van der Waals surface area contributed by atoms with Crippen LogP contribution in [0.1, 0.15) is 45.1 Å². The second kappa shape index (κ2) is 6.28. The van der Waals surface area contributed by atoms with Crippen LogP contribution in [-0.4, -0.2) is 17.2 Å². The molecule has 3 heteroatoms. The van der Waals surface area contributed by atoms with Crippen LogP contribution in [-0.2, 0) is 4.79 Å². The van der Waals surface area contributed by atoms with Crippen LogP contribution in [0.2, 0.25) is 0 Å². The number of rotatable bonds is 6. The maximum atomic E-state index is 10.5. The third-order valence-corrected chi connectivity index (χ3v) is 2.63. The third-order valence-electron chi connectivity index (χ3n) is 2.63. The van der Waals surface area contributed by atoms with Crippen LogP contribution in [0.25, 0.3) is 0 Å². The number of carbonyl (C=O) groups is 1. The molecule has 0 saturated carbocycles. The zero-order chi connectivity index (χ0) is 12.8. The number of para-hydroxylation sites is 1. The Morgan fingerprint density at radius 3 is 2.53 bits per heavy atom. The summed E-state index contributed by atoms with van der Waals surface area (Å²) in [6, 6.07) is 7.91. The summed E-state index contributed by atoms with van der Waals surface area (Å²) in [4.78, 5) is 10.5. The van der Waals surface area contributed by atoms with Gasteiger partial charge >= 0.3 is 5.97 Å². The maximum absolute atomic E-state index is 10.5. The van der Waals surface area contributed by atoms with Crippen molar-refractivity contribution < 1.29 is 14.6 Å². The molecule has 0 saturated heterocycles. The minimum Gasteiger partial charge on any atom is -0.490 e. The van der Waals surface area contributed by atoms with E-state index in [0.29, 0.717) is 12.3 Å². The van der Waals surface area contributed by atoms with E-state index in [0.717, 1.165) is 11.3 Å². The lowest BCUT2D eigenvalue weighted by Gasteiger charge is -2.18. The summed E-state index contributed by atoms with van der Waals surface area (Å²) in [5.74, 6) is 0.482. The highest BCUT2D eigenvalue weighted by Gasteiger charge is 2.11. The Bertz CT molecular complexity index is 371. The SMILES string of the molecule is CC(CCC(=O)O)Oc1ccccc1C(C)C. The van der Waals surface area contributed by atoms with Gasteiger partial charge in [-0.3, -0.25) is 4.79 Å². The smallest absolute Gasteiger partial charge is 0.303 e. The molecule has 1 N–H and O–H groups in total. The Kier molecular flexibility index (Phi) is 5.01. The number of ether oxygens (including phenoxy) is 1. The van der Waals surface area contributed by atoms with Crippen molar-refractivity contribution in [2.45, 2.75) is 45.6 Å². The lowest BCUT2D eigenvalue weighted by Crippen LogP contribution is -2.14. The standard InChI is InChI=1S/C14H20O3/c1-10(2)12-6-4-5-7-13(12)17-11(3)8-9-14(15)16/h4-7,10-11H,8-9H2,1-3H3,(H,15,16). The molecule has 0 spiro atoms. The Morgan fingerprint density at radius 1 is 1.29 bits per heavy atom. The van der Waals surface area contributed by atoms with Crippen molar-refractivity contribution in [3.63, 3.8) is 0 Å². The lowest BCUT2D eigenvalue weighted by molar-refractivity contribution is -0.137. The van der Waals surface area contributed by atoms with Crippen molar-refractivity contribution in [2.75, 3.05) is 0 Å².